The van der Waals surface area contributed by atoms with E-state index in [4.69, 9.17) is 14.6 Å². The van der Waals surface area contributed by atoms with Crippen LogP contribution in [-0.2, 0) is 14.3 Å². The first kappa shape index (κ1) is 25.1. The molecule has 182 valence electrons. The molecule has 0 amide bonds. The standard InChI is InChI=1S/C25H32F2O6/c1-2-24(15-7-4-8-16-24)33-22(29)19-13-11-18(12-14-19)21(28)32-20(25(26,27)23(30)31)17-9-5-3-6-10-17/h11-14,17,20H,2-10,15-16H2,1H3,(H,30,31). The Labute approximate surface area is 192 Å². The van der Waals surface area contributed by atoms with Crippen molar-refractivity contribution in [1.82, 2.24) is 0 Å². The molecule has 33 heavy (non-hydrogen) atoms. The Kier molecular flexibility index (Phi) is 8.08. The van der Waals surface area contributed by atoms with Crippen LogP contribution in [0.3, 0.4) is 0 Å². The molecule has 1 N–H and O–H groups in total. The number of carboxylic acid groups (broad SMARTS) is 1. The molecule has 2 aliphatic rings. The lowest BCUT2D eigenvalue weighted by Crippen LogP contribution is -2.48. The molecule has 1 aromatic rings. The van der Waals surface area contributed by atoms with Crippen molar-refractivity contribution < 1.29 is 37.7 Å². The van der Waals surface area contributed by atoms with Gasteiger partial charge in [-0.15, -0.1) is 0 Å². The summed E-state index contributed by atoms with van der Waals surface area (Å²) >= 11 is 0. The van der Waals surface area contributed by atoms with Crippen LogP contribution in [-0.4, -0.2) is 40.6 Å². The number of esters is 2. The number of benzene rings is 1. The van der Waals surface area contributed by atoms with Gasteiger partial charge in [-0.1, -0.05) is 32.6 Å². The van der Waals surface area contributed by atoms with Gasteiger partial charge in [0.05, 0.1) is 11.1 Å². The highest BCUT2D eigenvalue weighted by Gasteiger charge is 2.53. The Morgan fingerprint density at radius 3 is 2.00 bits per heavy atom. The molecule has 3 rings (SSSR count). The van der Waals surface area contributed by atoms with Gasteiger partial charge < -0.3 is 14.6 Å². The first-order chi connectivity index (χ1) is 15.7. The van der Waals surface area contributed by atoms with E-state index in [1.165, 1.54) is 24.3 Å². The third-order valence-corrected chi connectivity index (χ3v) is 7.03. The zero-order valence-electron chi connectivity index (χ0n) is 19.0. The van der Waals surface area contributed by atoms with Gasteiger partial charge in [-0.2, -0.15) is 8.78 Å². The van der Waals surface area contributed by atoms with E-state index in [1.54, 1.807) is 0 Å². The highest BCUT2D eigenvalue weighted by atomic mass is 19.3. The van der Waals surface area contributed by atoms with Crippen LogP contribution >= 0.6 is 0 Å². The second kappa shape index (κ2) is 10.6. The maximum atomic E-state index is 14.4. The van der Waals surface area contributed by atoms with Crippen LogP contribution in [0.15, 0.2) is 24.3 Å². The SMILES string of the molecule is CCC1(OC(=O)c2ccc(C(=O)OC(C3CCCCC3)C(F)(F)C(=O)O)cc2)CCCCC1. The average Bonchev–Trinajstić information content (AvgIpc) is 2.83. The van der Waals surface area contributed by atoms with Crippen molar-refractivity contribution in [3.8, 4) is 0 Å². The van der Waals surface area contributed by atoms with E-state index in [2.05, 4.69) is 0 Å². The molecular formula is C25H32F2O6. The zero-order valence-corrected chi connectivity index (χ0v) is 19.0. The zero-order chi connectivity index (χ0) is 24.1. The first-order valence-corrected chi connectivity index (χ1v) is 11.8. The third-order valence-electron chi connectivity index (χ3n) is 7.03. The second-order valence-corrected chi connectivity index (χ2v) is 9.22. The topological polar surface area (TPSA) is 89.9 Å². The predicted octanol–water partition coefficient (Wildman–Crippen LogP) is 5.78. The largest absolute Gasteiger partial charge is 0.477 e. The summed E-state index contributed by atoms with van der Waals surface area (Å²) in [6.07, 6.45) is 6.48. The molecule has 0 bridgehead atoms. The van der Waals surface area contributed by atoms with Crippen LogP contribution in [0.4, 0.5) is 8.78 Å². The van der Waals surface area contributed by atoms with Crippen molar-refractivity contribution in [2.45, 2.75) is 95.2 Å². The van der Waals surface area contributed by atoms with Crippen LogP contribution in [0.2, 0.25) is 0 Å². The fraction of sp³-hybridized carbons (Fsp3) is 0.640. The minimum Gasteiger partial charge on any atom is -0.477 e. The number of halogens is 2. The van der Waals surface area contributed by atoms with E-state index in [0.717, 1.165) is 44.9 Å². The number of carbonyl (C=O) groups excluding carboxylic acids is 2. The fourth-order valence-corrected chi connectivity index (χ4v) is 4.93. The summed E-state index contributed by atoms with van der Waals surface area (Å²) in [6.45, 7) is 1.99. The molecule has 2 fully saturated rings. The molecule has 2 aliphatic carbocycles. The van der Waals surface area contributed by atoms with Gasteiger partial charge in [0.2, 0.25) is 0 Å². The second-order valence-electron chi connectivity index (χ2n) is 9.22. The molecule has 1 atom stereocenters. The highest BCUT2D eigenvalue weighted by molar-refractivity contribution is 5.93. The number of ether oxygens (including phenoxy) is 2. The van der Waals surface area contributed by atoms with Gasteiger partial charge in [-0.3, -0.25) is 0 Å². The summed E-state index contributed by atoms with van der Waals surface area (Å²) in [5.74, 6) is -8.74. The molecule has 0 saturated heterocycles. The van der Waals surface area contributed by atoms with E-state index in [-0.39, 0.29) is 11.1 Å². The van der Waals surface area contributed by atoms with Crippen LogP contribution in [0.1, 0.15) is 98.3 Å². The average molecular weight is 467 g/mol. The normalized spacial score (nSPS) is 20.0. The highest BCUT2D eigenvalue weighted by Crippen LogP contribution is 2.37. The van der Waals surface area contributed by atoms with Crippen LogP contribution < -0.4 is 0 Å². The van der Waals surface area contributed by atoms with Gasteiger partial charge in [-0.05, 0) is 69.2 Å². The Bertz CT molecular complexity index is 839. The number of aliphatic carboxylic acids is 1. The summed E-state index contributed by atoms with van der Waals surface area (Å²) in [7, 11) is 0. The van der Waals surface area contributed by atoms with E-state index in [1.807, 2.05) is 6.92 Å². The molecule has 8 heteroatoms. The molecule has 0 spiro atoms. The van der Waals surface area contributed by atoms with Crippen molar-refractivity contribution >= 4 is 17.9 Å². The Hall–Kier alpha value is -2.51. The van der Waals surface area contributed by atoms with Crippen molar-refractivity contribution in [2.75, 3.05) is 0 Å². The number of hydrogen-bond donors (Lipinski definition) is 1. The number of rotatable bonds is 8. The monoisotopic (exact) mass is 466 g/mol. The van der Waals surface area contributed by atoms with Crippen molar-refractivity contribution in [3.63, 3.8) is 0 Å². The maximum absolute atomic E-state index is 14.4. The van der Waals surface area contributed by atoms with Crippen molar-refractivity contribution in [1.29, 1.82) is 0 Å². The van der Waals surface area contributed by atoms with Gasteiger partial charge in [-0.25, -0.2) is 14.4 Å². The lowest BCUT2D eigenvalue weighted by atomic mass is 9.82. The van der Waals surface area contributed by atoms with E-state index in [9.17, 15) is 23.2 Å². The molecule has 0 aromatic heterocycles. The van der Waals surface area contributed by atoms with Crippen molar-refractivity contribution in [3.05, 3.63) is 35.4 Å². The molecule has 0 radical (unpaired) electrons. The van der Waals surface area contributed by atoms with Gasteiger partial charge in [0, 0.05) is 5.92 Å². The smallest absolute Gasteiger partial charge is 0.378 e. The van der Waals surface area contributed by atoms with Gasteiger partial charge in [0.15, 0.2) is 6.10 Å². The first-order valence-electron chi connectivity index (χ1n) is 11.8. The Morgan fingerprint density at radius 1 is 0.970 bits per heavy atom. The molecule has 0 heterocycles. The van der Waals surface area contributed by atoms with Crippen LogP contribution in [0.5, 0.6) is 0 Å². The molecule has 2 saturated carbocycles. The van der Waals surface area contributed by atoms with E-state index >= 15 is 0 Å². The number of hydrogen-bond acceptors (Lipinski definition) is 5. The third kappa shape index (κ3) is 5.89. The van der Waals surface area contributed by atoms with Crippen LogP contribution in [0.25, 0.3) is 0 Å². The molecule has 1 unspecified atom stereocenters. The Morgan fingerprint density at radius 2 is 1.48 bits per heavy atom. The predicted molar refractivity (Wildman–Crippen MR) is 116 cm³/mol. The minimum atomic E-state index is -4.18. The number of carbonyl (C=O) groups is 3. The summed E-state index contributed by atoms with van der Waals surface area (Å²) in [5.41, 5.74) is -0.246. The number of carboxylic acids is 1. The molecule has 0 aliphatic heterocycles. The van der Waals surface area contributed by atoms with E-state index < -0.39 is 41.5 Å². The van der Waals surface area contributed by atoms with Gasteiger partial charge in [0.25, 0.3) is 0 Å². The van der Waals surface area contributed by atoms with Crippen LogP contribution in [0, 0.1) is 5.92 Å². The lowest BCUT2D eigenvalue weighted by Gasteiger charge is -2.36. The summed E-state index contributed by atoms with van der Waals surface area (Å²) in [4.78, 5) is 36.4. The van der Waals surface area contributed by atoms with Gasteiger partial charge in [0.1, 0.15) is 5.60 Å². The molecule has 6 nitrogen and oxygen atoms in total. The van der Waals surface area contributed by atoms with Crippen molar-refractivity contribution in [2.24, 2.45) is 5.92 Å². The minimum absolute atomic E-state index is 0.0311. The summed E-state index contributed by atoms with van der Waals surface area (Å²) in [6, 6.07) is 5.43. The summed E-state index contributed by atoms with van der Waals surface area (Å²) in [5, 5.41) is 9.01. The molecular weight excluding hydrogens is 434 g/mol. The molecule has 1 aromatic carbocycles. The quantitative estimate of drug-likeness (QED) is 0.488. The Balaban J connectivity index is 1.70. The lowest BCUT2D eigenvalue weighted by molar-refractivity contribution is -0.189. The summed E-state index contributed by atoms with van der Waals surface area (Å²) < 4.78 is 39.7. The fourth-order valence-electron chi connectivity index (χ4n) is 4.93. The van der Waals surface area contributed by atoms with Gasteiger partial charge >= 0.3 is 23.8 Å². The maximum Gasteiger partial charge on any atom is 0.378 e. The number of alkyl halides is 2. The van der Waals surface area contributed by atoms with E-state index in [0.29, 0.717) is 25.7 Å².